The third-order valence-electron chi connectivity index (χ3n) is 2.77. The number of hydrogen-bond acceptors (Lipinski definition) is 1. The molecule has 0 heterocycles. The van der Waals surface area contributed by atoms with Gasteiger partial charge in [0.1, 0.15) is 0 Å². The number of ether oxygens (including phenoxy) is 1. The number of hydrogen-bond donors (Lipinski definition) is 0. The summed E-state index contributed by atoms with van der Waals surface area (Å²) >= 11 is 3.46. The van der Waals surface area contributed by atoms with Crippen LogP contribution in [0.25, 0.3) is 0 Å². The molecule has 0 aromatic heterocycles. The number of halogens is 1. The van der Waals surface area contributed by atoms with E-state index in [4.69, 9.17) is 4.74 Å². The van der Waals surface area contributed by atoms with Gasteiger partial charge in [0.25, 0.3) is 0 Å². The van der Waals surface area contributed by atoms with E-state index in [2.05, 4.69) is 47.1 Å². The number of benzene rings is 2. The Morgan fingerprint density at radius 1 is 1.06 bits per heavy atom. The molecule has 2 aromatic rings. The molecule has 0 aliphatic heterocycles. The Labute approximate surface area is 117 Å². The predicted molar refractivity (Wildman–Crippen MR) is 78.1 cm³/mol. The average molecular weight is 304 g/mol. The highest BCUT2D eigenvalue weighted by Crippen LogP contribution is 2.22. The van der Waals surface area contributed by atoms with Gasteiger partial charge in [0.05, 0.1) is 12.7 Å². The van der Waals surface area contributed by atoms with Gasteiger partial charge < -0.3 is 4.74 Å². The summed E-state index contributed by atoms with van der Waals surface area (Å²) in [5.41, 5.74) is 2.35. The lowest BCUT2D eigenvalue weighted by Crippen LogP contribution is -2.03. The highest BCUT2D eigenvalue weighted by molar-refractivity contribution is 9.10. The third kappa shape index (κ3) is 3.69. The molecule has 0 unspecified atom stereocenters. The zero-order chi connectivity index (χ0) is 12.8. The first kappa shape index (κ1) is 13.3. The maximum atomic E-state index is 5.94. The van der Waals surface area contributed by atoms with Gasteiger partial charge in [-0.05, 0) is 29.7 Å². The summed E-state index contributed by atoms with van der Waals surface area (Å²) in [4.78, 5) is 0. The molecule has 0 N–H and O–H groups in total. The highest BCUT2D eigenvalue weighted by Gasteiger charge is 2.09. The van der Waals surface area contributed by atoms with E-state index in [1.165, 1.54) is 11.1 Å². The van der Waals surface area contributed by atoms with Crippen molar-refractivity contribution in [2.45, 2.75) is 19.1 Å². The van der Waals surface area contributed by atoms with Crippen molar-refractivity contribution in [3.05, 3.63) is 77.1 Å². The molecule has 1 nitrogen and oxygen atoms in total. The first-order valence-electron chi connectivity index (χ1n) is 6.00. The van der Waals surface area contributed by atoms with Gasteiger partial charge in [0.15, 0.2) is 0 Å². The molecule has 0 fully saturated rings. The van der Waals surface area contributed by atoms with Crippen LogP contribution >= 0.6 is 15.9 Å². The Hall–Kier alpha value is -1.12. The Kier molecular flexibility index (Phi) is 4.97. The molecule has 0 saturated heterocycles. The van der Waals surface area contributed by atoms with E-state index < -0.39 is 0 Å². The summed E-state index contributed by atoms with van der Waals surface area (Å²) in [7, 11) is 0. The van der Waals surface area contributed by atoms with E-state index in [0.29, 0.717) is 6.61 Å². The Balaban J connectivity index is 2.00. The van der Waals surface area contributed by atoms with E-state index in [-0.39, 0.29) is 6.10 Å². The predicted octanol–water partition coefficient (Wildman–Crippen LogP) is 4.93. The third-order valence-corrected chi connectivity index (χ3v) is 3.27. The van der Waals surface area contributed by atoms with Crippen LogP contribution in [0.3, 0.4) is 0 Å². The fraction of sp³-hybridized carbons (Fsp3) is 0.188. The minimum atomic E-state index is 0.0604. The summed E-state index contributed by atoms with van der Waals surface area (Å²) < 4.78 is 7.01. The summed E-state index contributed by atoms with van der Waals surface area (Å²) in [6, 6.07) is 18.4. The quantitative estimate of drug-likeness (QED) is 0.761. The molecular weight excluding hydrogens is 288 g/mol. The normalized spacial score (nSPS) is 12.3. The second-order valence-corrected chi connectivity index (χ2v) is 5.04. The van der Waals surface area contributed by atoms with Gasteiger partial charge in [-0.1, -0.05) is 65.3 Å². The summed E-state index contributed by atoms with van der Waals surface area (Å²) in [5, 5.41) is 0. The molecule has 2 heteroatoms. The van der Waals surface area contributed by atoms with Gasteiger partial charge >= 0.3 is 0 Å². The van der Waals surface area contributed by atoms with E-state index in [0.717, 1.165) is 10.9 Å². The van der Waals surface area contributed by atoms with Crippen molar-refractivity contribution in [2.24, 2.45) is 0 Å². The Morgan fingerprint density at radius 2 is 1.83 bits per heavy atom. The lowest BCUT2D eigenvalue weighted by atomic mass is 10.1. The molecular formula is C16H16BrO. The zero-order valence-corrected chi connectivity index (χ0v) is 11.8. The van der Waals surface area contributed by atoms with E-state index in [9.17, 15) is 0 Å². The maximum absolute atomic E-state index is 5.94. The molecule has 2 rings (SSSR count). The van der Waals surface area contributed by atoms with Gasteiger partial charge in [-0.2, -0.15) is 0 Å². The van der Waals surface area contributed by atoms with Gasteiger partial charge in [-0.3, -0.25) is 0 Å². The van der Waals surface area contributed by atoms with Crippen LogP contribution in [0.2, 0.25) is 0 Å². The monoisotopic (exact) mass is 303 g/mol. The lowest BCUT2D eigenvalue weighted by molar-refractivity contribution is 0.0412. The van der Waals surface area contributed by atoms with Crippen LogP contribution in [-0.4, -0.2) is 0 Å². The molecule has 0 aliphatic rings. The van der Waals surface area contributed by atoms with Crippen molar-refractivity contribution < 1.29 is 4.74 Å². The van der Waals surface area contributed by atoms with Gasteiger partial charge in [0, 0.05) is 4.47 Å². The molecule has 2 aromatic carbocycles. The van der Waals surface area contributed by atoms with Crippen molar-refractivity contribution >= 4 is 15.9 Å². The highest BCUT2D eigenvalue weighted by atomic mass is 79.9. The maximum Gasteiger partial charge on any atom is 0.0829 e. The molecule has 0 bridgehead atoms. The summed E-state index contributed by atoms with van der Waals surface area (Å²) in [6.07, 6.45) is 0.794. The van der Waals surface area contributed by atoms with Crippen molar-refractivity contribution in [1.82, 2.24) is 0 Å². The van der Waals surface area contributed by atoms with Crippen molar-refractivity contribution in [1.29, 1.82) is 0 Å². The second-order valence-electron chi connectivity index (χ2n) is 4.13. The first-order valence-corrected chi connectivity index (χ1v) is 6.79. The fourth-order valence-electron chi connectivity index (χ4n) is 1.84. The van der Waals surface area contributed by atoms with E-state index >= 15 is 0 Å². The van der Waals surface area contributed by atoms with Crippen LogP contribution in [0.5, 0.6) is 0 Å². The largest absolute Gasteiger partial charge is 0.369 e. The van der Waals surface area contributed by atoms with E-state index in [1.54, 1.807) is 0 Å². The summed E-state index contributed by atoms with van der Waals surface area (Å²) in [5.74, 6) is 0. The topological polar surface area (TPSA) is 9.23 Å². The Bertz CT molecular complexity index is 481. The minimum Gasteiger partial charge on any atom is -0.369 e. The molecule has 0 saturated carbocycles. The second kappa shape index (κ2) is 6.72. The zero-order valence-electron chi connectivity index (χ0n) is 10.2. The molecule has 1 atom stereocenters. The SMILES string of the molecule is [CH2]C[C@@H](OCc1cccc(Br)c1)c1ccccc1. The molecule has 0 amide bonds. The van der Waals surface area contributed by atoms with Crippen molar-refractivity contribution in [3.63, 3.8) is 0 Å². The number of rotatable bonds is 5. The van der Waals surface area contributed by atoms with E-state index in [1.807, 2.05) is 30.3 Å². The van der Waals surface area contributed by atoms with Gasteiger partial charge in [-0.25, -0.2) is 0 Å². The minimum absolute atomic E-state index is 0.0604. The lowest BCUT2D eigenvalue weighted by Gasteiger charge is -2.16. The van der Waals surface area contributed by atoms with Crippen LogP contribution in [0.4, 0.5) is 0 Å². The smallest absolute Gasteiger partial charge is 0.0829 e. The molecule has 0 aliphatic carbocycles. The van der Waals surface area contributed by atoms with Crippen LogP contribution in [0.1, 0.15) is 23.7 Å². The molecule has 18 heavy (non-hydrogen) atoms. The van der Waals surface area contributed by atoms with Gasteiger partial charge in [-0.15, -0.1) is 0 Å². The average Bonchev–Trinajstić information content (AvgIpc) is 2.41. The fourth-order valence-corrected chi connectivity index (χ4v) is 2.28. The van der Waals surface area contributed by atoms with Crippen LogP contribution < -0.4 is 0 Å². The van der Waals surface area contributed by atoms with Crippen LogP contribution in [0, 0.1) is 6.92 Å². The first-order chi connectivity index (χ1) is 8.79. The van der Waals surface area contributed by atoms with Crippen molar-refractivity contribution in [2.75, 3.05) is 0 Å². The molecule has 1 radical (unpaired) electrons. The van der Waals surface area contributed by atoms with Crippen LogP contribution in [-0.2, 0) is 11.3 Å². The Morgan fingerprint density at radius 3 is 2.50 bits per heavy atom. The standard InChI is InChI=1S/C16H16BrO/c1-2-16(14-8-4-3-5-9-14)18-12-13-7-6-10-15(17)11-13/h3-11,16H,1-2,12H2/t16-/m1/s1. The van der Waals surface area contributed by atoms with Crippen molar-refractivity contribution in [3.8, 4) is 0 Å². The van der Waals surface area contributed by atoms with Crippen LogP contribution in [0.15, 0.2) is 59.1 Å². The molecule has 0 spiro atoms. The summed E-state index contributed by atoms with van der Waals surface area (Å²) in [6.45, 7) is 4.56. The van der Waals surface area contributed by atoms with Gasteiger partial charge in [0.2, 0.25) is 0 Å². The molecule has 93 valence electrons.